The Morgan fingerprint density at radius 1 is 0.952 bits per heavy atom. The number of aryl methyl sites for hydroxylation is 1. The number of alkyl halides is 3. The van der Waals surface area contributed by atoms with Gasteiger partial charge in [-0.25, -0.2) is 0 Å². The Bertz CT molecular complexity index is 671. The van der Waals surface area contributed by atoms with E-state index in [0.29, 0.717) is 17.5 Å². The van der Waals surface area contributed by atoms with Crippen molar-refractivity contribution in [3.63, 3.8) is 0 Å². The van der Waals surface area contributed by atoms with Gasteiger partial charge in [-0.15, -0.1) is 0 Å². The topological polar surface area (TPSA) is 17.1 Å². The van der Waals surface area contributed by atoms with Gasteiger partial charge in [0.1, 0.15) is 0 Å². The van der Waals surface area contributed by atoms with Crippen LogP contribution in [0.1, 0.15) is 39.4 Å². The molecule has 1 nitrogen and oxygen atoms in total. The number of fused-ring (bicyclic) bond motifs is 1. The molecule has 1 unspecified atom stereocenters. The summed E-state index contributed by atoms with van der Waals surface area (Å²) in [5.74, 6) is -0.348. The molecule has 1 aliphatic rings. The van der Waals surface area contributed by atoms with Crippen molar-refractivity contribution in [1.29, 1.82) is 0 Å². The number of hydrogen-bond acceptors (Lipinski definition) is 1. The van der Waals surface area contributed by atoms with Crippen molar-refractivity contribution in [2.45, 2.75) is 24.9 Å². The number of halogens is 3. The van der Waals surface area contributed by atoms with Crippen molar-refractivity contribution >= 4 is 5.78 Å². The normalized spacial score (nSPS) is 18.4. The third-order valence-electron chi connectivity index (χ3n) is 3.94. The van der Waals surface area contributed by atoms with Crippen LogP contribution >= 0.6 is 0 Å². The van der Waals surface area contributed by atoms with E-state index in [1.54, 1.807) is 6.07 Å². The van der Waals surface area contributed by atoms with E-state index in [0.717, 1.165) is 24.1 Å². The maximum Gasteiger partial charge on any atom is 0.416 e. The van der Waals surface area contributed by atoms with E-state index in [-0.39, 0.29) is 11.7 Å². The fraction of sp³-hybridized carbons (Fsp3) is 0.235. The van der Waals surface area contributed by atoms with E-state index < -0.39 is 11.7 Å². The van der Waals surface area contributed by atoms with E-state index in [4.69, 9.17) is 0 Å². The molecular weight excluding hydrogens is 277 g/mol. The number of hydrogen-bond donors (Lipinski definition) is 0. The smallest absolute Gasteiger partial charge is 0.293 e. The molecule has 0 aliphatic heterocycles. The first-order chi connectivity index (χ1) is 9.97. The first kappa shape index (κ1) is 13.9. The predicted molar refractivity (Wildman–Crippen MR) is 73.3 cm³/mol. The highest BCUT2D eigenvalue weighted by Crippen LogP contribution is 2.35. The van der Waals surface area contributed by atoms with E-state index in [1.807, 2.05) is 18.2 Å². The zero-order chi connectivity index (χ0) is 15.0. The van der Waals surface area contributed by atoms with Gasteiger partial charge in [0, 0.05) is 11.5 Å². The lowest BCUT2D eigenvalue weighted by Crippen LogP contribution is -2.21. The van der Waals surface area contributed by atoms with Gasteiger partial charge < -0.3 is 0 Å². The average Bonchev–Trinajstić information content (AvgIpc) is 2.47. The van der Waals surface area contributed by atoms with Crippen LogP contribution in [-0.4, -0.2) is 5.78 Å². The monoisotopic (exact) mass is 290 g/mol. The molecule has 21 heavy (non-hydrogen) atoms. The Morgan fingerprint density at radius 2 is 1.62 bits per heavy atom. The second-order valence-corrected chi connectivity index (χ2v) is 5.23. The van der Waals surface area contributed by atoms with Crippen molar-refractivity contribution in [1.82, 2.24) is 0 Å². The summed E-state index contributed by atoms with van der Waals surface area (Å²) in [4.78, 5) is 12.5. The highest BCUT2D eigenvalue weighted by Gasteiger charge is 2.32. The molecule has 0 amide bonds. The number of Topliss-reactive ketones (excluding diaryl/α,β-unsaturated/α-hetero) is 1. The average molecular weight is 290 g/mol. The summed E-state index contributed by atoms with van der Waals surface area (Å²) in [6.07, 6.45) is -2.93. The quantitative estimate of drug-likeness (QED) is 0.749. The van der Waals surface area contributed by atoms with Crippen LogP contribution in [0, 0.1) is 0 Å². The Kier molecular flexibility index (Phi) is 3.32. The van der Waals surface area contributed by atoms with Crippen LogP contribution in [0.4, 0.5) is 13.2 Å². The number of ketones is 1. The minimum Gasteiger partial charge on any atom is -0.293 e. The second-order valence-electron chi connectivity index (χ2n) is 5.23. The number of carbonyl (C=O) groups excluding carboxylic acids is 1. The molecular formula is C17H13F3O. The standard InChI is InChI=1S/C17H13F3O/c18-17(19,20)13-8-5-12(6-9-13)15-10-7-11-3-1-2-4-14(11)16(15)21/h1-6,8-9,15H,7,10H2. The van der Waals surface area contributed by atoms with Gasteiger partial charge >= 0.3 is 6.18 Å². The summed E-state index contributed by atoms with van der Waals surface area (Å²) in [7, 11) is 0. The van der Waals surface area contributed by atoms with Crippen LogP contribution in [0.15, 0.2) is 48.5 Å². The molecule has 3 rings (SSSR count). The predicted octanol–water partition coefficient (Wildman–Crippen LogP) is 4.62. The summed E-state index contributed by atoms with van der Waals surface area (Å²) >= 11 is 0. The summed E-state index contributed by atoms with van der Waals surface area (Å²) in [5, 5.41) is 0. The fourth-order valence-corrected chi connectivity index (χ4v) is 2.82. The van der Waals surface area contributed by atoms with Crippen LogP contribution in [-0.2, 0) is 12.6 Å². The van der Waals surface area contributed by atoms with Crippen molar-refractivity contribution in [3.05, 3.63) is 70.8 Å². The zero-order valence-corrected chi connectivity index (χ0v) is 11.2. The van der Waals surface area contributed by atoms with Gasteiger partial charge in [0.25, 0.3) is 0 Å². The van der Waals surface area contributed by atoms with Crippen LogP contribution in [0.25, 0.3) is 0 Å². The fourth-order valence-electron chi connectivity index (χ4n) is 2.82. The lowest BCUT2D eigenvalue weighted by Gasteiger charge is -2.23. The van der Waals surface area contributed by atoms with Crippen LogP contribution in [0.3, 0.4) is 0 Å². The summed E-state index contributed by atoms with van der Waals surface area (Å²) < 4.78 is 37.7. The highest BCUT2D eigenvalue weighted by molar-refractivity contribution is 6.03. The molecule has 2 aromatic carbocycles. The Balaban J connectivity index is 1.91. The molecule has 0 saturated heterocycles. The van der Waals surface area contributed by atoms with E-state index in [1.165, 1.54) is 12.1 Å². The minimum absolute atomic E-state index is 0.00314. The minimum atomic E-state index is -4.35. The van der Waals surface area contributed by atoms with E-state index in [9.17, 15) is 18.0 Å². The van der Waals surface area contributed by atoms with Crippen LogP contribution < -0.4 is 0 Å². The third-order valence-corrected chi connectivity index (χ3v) is 3.94. The zero-order valence-electron chi connectivity index (χ0n) is 11.2. The molecule has 108 valence electrons. The maximum atomic E-state index is 12.6. The molecule has 0 spiro atoms. The first-order valence-corrected chi connectivity index (χ1v) is 6.76. The molecule has 2 aromatic rings. The van der Waals surface area contributed by atoms with Gasteiger partial charge in [0.2, 0.25) is 0 Å². The summed E-state index contributed by atoms with van der Waals surface area (Å²) in [5.41, 5.74) is 1.68. The van der Waals surface area contributed by atoms with Crippen molar-refractivity contribution in [2.24, 2.45) is 0 Å². The van der Waals surface area contributed by atoms with Crippen LogP contribution in [0.5, 0.6) is 0 Å². The molecule has 0 aromatic heterocycles. The van der Waals surface area contributed by atoms with E-state index in [2.05, 4.69) is 0 Å². The Labute approximate surface area is 120 Å². The molecule has 0 radical (unpaired) electrons. The maximum absolute atomic E-state index is 12.6. The highest BCUT2D eigenvalue weighted by atomic mass is 19.4. The van der Waals surface area contributed by atoms with Crippen LogP contribution in [0.2, 0.25) is 0 Å². The molecule has 0 saturated carbocycles. The van der Waals surface area contributed by atoms with Gasteiger partial charge in [0.05, 0.1) is 5.56 Å². The third kappa shape index (κ3) is 2.58. The molecule has 1 aliphatic carbocycles. The number of carbonyl (C=O) groups is 1. The number of benzene rings is 2. The van der Waals surface area contributed by atoms with Crippen molar-refractivity contribution < 1.29 is 18.0 Å². The molecule has 0 heterocycles. The van der Waals surface area contributed by atoms with Gasteiger partial charge in [-0.2, -0.15) is 13.2 Å². The first-order valence-electron chi connectivity index (χ1n) is 6.76. The van der Waals surface area contributed by atoms with Gasteiger partial charge in [0.15, 0.2) is 5.78 Å². The molecule has 0 fully saturated rings. The molecule has 0 N–H and O–H groups in total. The molecule has 4 heteroatoms. The summed E-state index contributed by atoms with van der Waals surface area (Å²) in [6.45, 7) is 0. The lowest BCUT2D eigenvalue weighted by atomic mass is 9.79. The van der Waals surface area contributed by atoms with Gasteiger partial charge in [-0.1, -0.05) is 36.4 Å². The van der Waals surface area contributed by atoms with Crippen molar-refractivity contribution in [2.75, 3.05) is 0 Å². The SMILES string of the molecule is O=C1c2ccccc2CCC1c1ccc(C(F)(F)F)cc1. The van der Waals surface area contributed by atoms with Gasteiger partial charge in [-0.3, -0.25) is 4.79 Å². The second kappa shape index (κ2) is 5.02. The van der Waals surface area contributed by atoms with E-state index >= 15 is 0 Å². The Morgan fingerprint density at radius 3 is 2.29 bits per heavy atom. The summed E-state index contributed by atoms with van der Waals surface area (Å²) in [6, 6.07) is 12.3. The molecule has 0 bridgehead atoms. The largest absolute Gasteiger partial charge is 0.416 e. The molecule has 1 atom stereocenters. The van der Waals surface area contributed by atoms with Gasteiger partial charge in [-0.05, 0) is 36.1 Å². The lowest BCUT2D eigenvalue weighted by molar-refractivity contribution is -0.137. The van der Waals surface area contributed by atoms with Crippen molar-refractivity contribution in [3.8, 4) is 0 Å². The Hall–Kier alpha value is -2.10. The number of rotatable bonds is 1.